The van der Waals surface area contributed by atoms with Crippen LogP contribution in [0.25, 0.3) is 0 Å². The summed E-state index contributed by atoms with van der Waals surface area (Å²) < 4.78 is 0. The molecule has 0 saturated carbocycles. The summed E-state index contributed by atoms with van der Waals surface area (Å²) in [4.78, 5) is 22.3. The normalized spacial score (nSPS) is 14.3. The van der Waals surface area contributed by atoms with Crippen molar-refractivity contribution in [2.75, 3.05) is 25.0 Å². The van der Waals surface area contributed by atoms with Crippen molar-refractivity contribution in [3.63, 3.8) is 0 Å². The van der Waals surface area contributed by atoms with E-state index in [0.29, 0.717) is 18.1 Å². The van der Waals surface area contributed by atoms with Crippen LogP contribution < -0.4 is 15.5 Å². The van der Waals surface area contributed by atoms with E-state index in [0.717, 1.165) is 55.1 Å². The van der Waals surface area contributed by atoms with Crippen LogP contribution in [0.2, 0.25) is 5.15 Å². The fraction of sp³-hybridized carbons (Fsp3) is 0.381. The Labute approximate surface area is 194 Å². The lowest BCUT2D eigenvalue weighted by Crippen LogP contribution is -2.38. The molecule has 6 nitrogen and oxygen atoms in total. The number of halogens is 2. The van der Waals surface area contributed by atoms with E-state index in [1.165, 1.54) is 0 Å². The van der Waals surface area contributed by atoms with Crippen LogP contribution in [0.3, 0.4) is 0 Å². The van der Waals surface area contributed by atoms with Crippen LogP contribution in [0.4, 0.5) is 5.69 Å². The van der Waals surface area contributed by atoms with Crippen LogP contribution in [0.5, 0.6) is 0 Å². The second-order valence-corrected chi connectivity index (χ2v) is 7.15. The average molecular weight is 528 g/mol. The Bertz CT molecular complexity index is 811. The number of carbonyl (C=O) groups excluding carboxylic acids is 1. The third-order valence-electron chi connectivity index (χ3n) is 4.75. The molecule has 0 bridgehead atoms. The first-order valence-corrected chi connectivity index (χ1v) is 9.98. The lowest BCUT2D eigenvalue weighted by Gasteiger charge is -2.26. The van der Waals surface area contributed by atoms with Crippen LogP contribution in [-0.2, 0) is 17.8 Å². The van der Waals surface area contributed by atoms with Gasteiger partial charge in [0.1, 0.15) is 5.15 Å². The van der Waals surface area contributed by atoms with Crippen LogP contribution in [0.1, 0.15) is 30.4 Å². The maximum Gasteiger partial charge on any atom is 0.226 e. The second-order valence-electron chi connectivity index (χ2n) is 6.76. The van der Waals surface area contributed by atoms with Gasteiger partial charge in [-0.15, -0.1) is 24.0 Å². The van der Waals surface area contributed by atoms with Crippen molar-refractivity contribution in [1.82, 2.24) is 15.6 Å². The van der Waals surface area contributed by atoms with E-state index >= 15 is 0 Å². The minimum atomic E-state index is 0. The number of piperidine rings is 1. The predicted molar refractivity (Wildman–Crippen MR) is 129 cm³/mol. The average Bonchev–Trinajstić information content (AvgIpc) is 2.73. The number of amides is 1. The molecule has 1 amide bonds. The highest BCUT2D eigenvalue weighted by Crippen LogP contribution is 2.21. The molecule has 1 fully saturated rings. The molecule has 156 valence electrons. The third-order valence-corrected chi connectivity index (χ3v) is 4.97. The van der Waals surface area contributed by atoms with Gasteiger partial charge in [-0.1, -0.05) is 29.8 Å². The summed E-state index contributed by atoms with van der Waals surface area (Å²) in [5.41, 5.74) is 3.24. The molecule has 1 saturated heterocycles. The first-order chi connectivity index (χ1) is 13.7. The van der Waals surface area contributed by atoms with Gasteiger partial charge in [0.25, 0.3) is 0 Å². The van der Waals surface area contributed by atoms with Gasteiger partial charge in [-0.05, 0) is 48.6 Å². The smallest absolute Gasteiger partial charge is 0.226 e. The standard InChI is InChI=1S/C21H26ClN5O.HI/c1-23-21(24-12-11-17-7-10-19(22)25-14-17)26-15-16-5-8-18(9-6-16)27-13-3-2-4-20(27)28;/h5-10,14H,2-4,11-13,15H2,1H3,(H2,23,24,26);1H. The molecule has 2 heterocycles. The Balaban J connectivity index is 0.00000300. The molecule has 1 aliphatic heterocycles. The molecular weight excluding hydrogens is 501 g/mol. The highest BCUT2D eigenvalue weighted by Gasteiger charge is 2.19. The number of hydrogen-bond acceptors (Lipinski definition) is 3. The zero-order chi connectivity index (χ0) is 19.8. The van der Waals surface area contributed by atoms with Crippen LogP contribution >= 0.6 is 35.6 Å². The molecule has 2 N–H and O–H groups in total. The Morgan fingerprint density at radius 2 is 1.90 bits per heavy atom. The summed E-state index contributed by atoms with van der Waals surface area (Å²) >= 11 is 5.80. The molecule has 2 aromatic rings. The molecule has 1 aromatic heterocycles. The van der Waals surface area contributed by atoms with E-state index in [2.05, 4.69) is 32.7 Å². The minimum Gasteiger partial charge on any atom is -0.356 e. The van der Waals surface area contributed by atoms with Crippen LogP contribution in [0, 0.1) is 0 Å². The maximum atomic E-state index is 12.0. The molecule has 3 rings (SSSR count). The fourth-order valence-electron chi connectivity index (χ4n) is 3.16. The van der Waals surface area contributed by atoms with Crippen molar-refractivity contribution < 1.29 is 4.79 Å². The van der Waals surface area contributed by atoms with Gasteiger partial charge >= 0.3 is 0 Å². The number of rotatable bonds is 6. The van der Waals surface area contributed by atoms with Crippen LogP contribution in [-0.4, -0.2) is 37.0 Å². The van der Waals surface area contributed by atoms with Gasteiger partial charge in [-0.25, -0.2) is 4.98 Å². The van der Waals surface area contributed by atoms with Gasteiger partial charge in [-0.2, -0.15) is 0 Å². The van der Waals surface area contributed by atoms with E-state index in [9.17, 15) is 4.79 Å². The Morgan fingerprint density at radius 3 is 2.55 bits per heavy atom. The zero-order valence-electron chi connectivity index (χ0n) is 16.5. The summed E-state index contributed by atoms with van der Waals surface area (Å²) in [5, 5.41) is 7.11. The quantitative estimate of drug-likeness (QED) is 0.260. The van der Waals surface area contributed by atoms with Crippen molar-refractivity contribution in [1.29, 1.82) is 0 Å². The number of carbonyl (C=O) groups is 1. The molecule has 29 heavy (non-hydrogen) atoms. The molecule has 0 unspecified atom stereocenters. The molecule has 0 atom stereocenters. The van der Waals surface area contributed by atoms with Crippen LogP contribution in [0.15, 0.2) is 47.6 Å². The molecule has 8 heteroatoms. The Morgan fingerprint density at radius 1 is 1.14 bits per heavy atom. The van der Waals surface area contributed by atoms with E-state index < -0.39 is 0 Å². The van der Waals surface area contributed by atoms with Gasteiger partial charge in [0.2, 0.25) is 5.91 Å². The summed E-state index contributed by atoms with van der Waals surface area (Å²) in [6.45, 7) is 2.23. The third kappa shape index (κ3) is 7.15. The summed E-state index contributed by atoms with van der Waals surface area (Å²) in [7, 11) is 1.75. The highest BCUT2D eigenvalue weighted by molar-refractivity contribution is 14.0. The zero-order valence-corrected chi connectivity index (χ0v) is 19.6. The summed E-state index contributed by atoms with van der Waals surface area (Å²) in [5.74, 6) is 0.967. The van der Waals surface area contributed by atoms with Crippen molar-refractivity contribution >= 4 is 53.1 Å². The number of anilines is 1. The SMILES string of the molecule is CN=C(NCCc1ccc(Cl)nc1)NCc1ccc(N2CCCCC2=O)cc1.I. The van der Waals surface area contributed by atoms with E-state index in [4.69, 9.17) is 11.6 Å². The minimum absolute atomic E-state index is 0. The number of aromatic nitrogens is 1. The number of guanidine groups is 1. The number of hydrogen-bond donors (Lipinski definition) is 2. The number of nitrogens with zero attached hydrogens (tertiary/aromatic N) is 3. The largest absolute Gasteiger partial charge is 0.356 e. The van der Waals surface area contributed by atoms with Crippen molar-refractivity contribution in [3.05, 3.63) is 58.9 Å². The molecule has 0 radical (unpaired) electrons. The first-order valence-electron chi connectivity index (χ1n) is 9.60. The molecule has 1 aromatic carbocycles. The first kappa shape index (κ1) is 23.4. The second kappa shape index (κ2) is 12.0. The molecular formula is C21H27ClIN5O. The Hall–Kier alpha value is -1.87. The van der Waals surface area contributed by atoms with E-state index in [1.807, 2.05) is 23.1 Å². The van der Waals surface area contributed by atoms with Gasteiger partial charge < -0.3 is 15.5 Å². The van der Waals surface area contributed by atoms with Crippen molar-refractivity contribution in [2.45, 2.75) is 32.2 Å². The monoisotopic (exact) mass is 527 g/mol. The fourth-order valence-corrected chi connectivity index (χ4v) is 3.27. The van der Waals surface area contributed by atoms with E-state index in [1.54, 1.807) is 19.3 Å². The summed E-state index contributed by atoms with van der Waals surface area (Å²) in [6, 6.07) is 11.9. The van der Waals surface area contributed by atoms with Crippen molar-refractivity contribution in [3.8, 4) is 0 Å². The molecule has 0 aliphatic carbocycles. The number of pyridine rings is 1. The topological polar surface area (TPSA) is 69.6 Å². The number of aliphatic imine (C=N–C) groups is 1. The summed E-state index contributed by atoms with van der Waals surface area (Å²) in [6.07, 6.45) is 5.34. The predicted octanol–water partition coefficient (Wildman–Crippen LogP) is 3.78. The maximum absolute atomic E-state index is 12.0. The van der Waals surface area contributed by atoms with E-state index in [-0.39, 0.29) is 29.9 Å². The van der Waals surface area contributed by atoms with Crippen molar-refractivity contribution in [2.24, 2.45) is 4.99 Å². The molecule has 0 spiro atoms. The van der Waals surface area contributed by atoms with Gasteiger partial charge in [-0.3, -0.25) is 9.79 Å². The lowest BCUT2D eigenvalue weighted by atomic mass is 10.1. The van der Waals surface area contributed by atoms with Gasteiger partial charge in [0, 0.05) is 45.0 Å². The molecule has 1 aliphatic rings. The van der Waals surface area contributed by atoms with Gasteiger partial charge in [0.15, 0.2) is 5.96 Å². The lowest BCUT2D eigenvalue weighted by molar-refractivity contribution is -0.119. The highest BCUT2D eigenvalue weighted by atomic mass is 127. The number of benzene rings is 1. The number of nitrogens with one attached hydrogen (secondary N) is 2. The van der Waals surface area contributed by atoms with Gasteiger partial charge in [0.05, 0.1) is 0 Å². The Kier molecular flexibility index (Phi) is 9.66.